The maximum atomic E-state index is 14.2. The van der Waals surface area contributed by atoms with Crippen LogP contribution in [0.15, 0.2) is 42.5 Å². The van der Waals surface area contributed by atoms with E-state index in [0.29, 0.717) is 11.2 Å². The van der Waals surface area contributed by atoms with E-state index in [2.05, 4.69) is 38.3 Å². The predicted molar refractivity (Wildman–Crippen MR) is 99.0 cm³/mol. The fourth-order valence-electron chi connectivity index (χ4n) is 3.73. The van der Waals surface area contributed by atoms with Crippen molar-refractivity contribution < 1.29 is 4.39 Å². The minimum Gasteiger partial charge on any atom is -0.399 e. The van der Waals surface area contributed by atoms with E-state index in [-0.39, 0.29) is 5.78 Å². The molecule has 1 aliphatic rings. The van der Waals surface area contributed by atoms with Gasteiger partial charge in [0.05, 0.1) is 5.52 Å². The lowest BCUT2D eigenvalue weighted by atomic mass is 10.1. The normalized spacial score (nSPS) is 14.6. The van der Waals surface area contributed by atoms with E-state index in [1.54, 1.807) is 6.07 Å². The zero-order valence-corrected chi connectivity index (χ0v) is 14.1. The van der Waals surface area contributed by atoms with Gasteiger partial charge in [0.2, 0.25) is 0 Å². The third-order valence-electron chi connectivity index (χ3n) is 4.93. The van der Waals surface area contributed by atoms with Crippen LogP contribution in [-0.4, -0.2) is 26.1 Å². The summed E-state index contributed by atoms with van der Waals surface area (Å²) >= 11 is 0. The van der Waals surface area contributed by atoms with Crippen LogP contribution in [0.5, 0.6) is 0 Å². The zero-order valence-electron chi connectivity index (χ0n) is 14.1. The zero-order chi connectivity index (χ0) is 17.7. The van der Waals surface area contributed by atoms with Crippen molar-refractivity contribution in [1.29, 1.82) is 0 Å². The van der Waals surface area contributed by atoms with E-state index in [0.717, 1.165) is 42.7 Å². The van der Waals surface area contributed by atoms with Crippen LogP contribution in [-0.2, 0) is 6.42 Å². The lowest BCUT2D eigenvalue weighted by molar-refractivity contribution is 0.532. The Balaban J connectivity index is 1.84. The first kappa shape index (κ1) is 15.1. The summed E-state index contributed by atoms with van der Waals surface area (Å²) in [5, 5.41) is 8.26. The van der Waals surface area contributed by atoms with Crippen LogP contribution in [0, 0.1) is 6.08 Å². The van der Waals surface area contributed by atoms with Gasteiger partial charge in [0.25, 0.3) is 5.78 Å². The molecule has 26 heavy (non-hydrogen) atoms. The van der Waals surface area contributed by atoms with Crippen LogP contribution in [0.25, 0.3) is 16.7 Å². The molecule has 0 radical (unpaired) electrons. The van der Waals surface area contributed by atoms with Gasteiger partial charge in [-0.15, -0.1) is 5.10 Å². The topological polar surface area (TPSA) is 72.3 Å². The number of aromatic nitrogens is 4. The highest BCUT2D eigenvalue weighted by Crippen LogP contribution is 2.36. The van der Waals surface area contributed by atoms with Crippen molar-refractivity contribution in [2.75, 3.05) is 17.2 Å². The molecule has 2 aromatic carbocycles. The number of hydrogen-bond acceptors (Lipinski definition) is 5. The highest BCUT2D eigenvalue weighted by molar-refractivity contribution is 5.95. The number of aryl methyl sites for hydroxylation is 1. The molecule has 0 saturated carbocycles. The minimum atomic E-state index is -0.689. The first-order chi connectivity index (χ1) is 12.7. The first-order valence-corrected chi connectivity index (χ1v) is 8.68. The second-order valence-corrected chi connectivity index (χ2v) is 6.55. The van der Waals surface area contributed by atoms with E-state index in [9.17, 15) is 4.39 Å². The summed E-state index contributed by atoms with van der Waals surface area (Å²) in [4.78, 5) is 6.85. The second-order valence-electron chi connectivity index (χ2n) is 6.55. The molecule has 130 valence electrons. The summed E-state index contributed by atoms with van der Waals surface area (Å²) in [7, 11) is 0. The van der Waals surface area contributed by atoms with Crippen LogP contribution in [0.1, 0.15) is 18.4 Å². The van der Waals surface area contributed by atoms with Gasteiger partial charge >= 0.3 is 6.08 Å². The van der Waals surface area contributed by atoms with Crippen molar-refractivity contribution in [2.45, 2.75) is 19.3 Å². The maximum absolute atomic E-state index is 14.2. The van der Waals surface area contributed by atoms with Crippen LogP contribution < -0.4 is 10.6 Å². The number of para-hydroxylation sites is 1. The van der Waals surface area contributed by atoms with Crippen molar-refractivity contribution in [1.82, 2.24) is 19.6 Å². The molecule has 0 bridgehead atoms. The maximum Gasteiger partial charge on any atom is 0.315 e. The lowest BCUT2D eigenvalue weighted by Crippen LogP contribution is -2.20. The molecule has 0 saturated heterocycles. The molecule has 3 heterocycles. The molecule has 0 unspecified atom stereocenters. The van der Waals surface area contributed by atoms with Gasteiger partial charge < -0.3 is 10.6 Å². The van der Waals surface area contributed by atoms with Crippen LogP contribution >= 0.6 is 0 Å². The Hall–Kier alpha value is -3.22. The van der Waals surface area contributed by atoms with Crippen molar-refractivity contribution in [2.24, 2.45) is 0 Å². The molecule has 5 rings (SSSR count). The second kappa shape index (κ2) is 5.66. The molecule has 0 spiro atoms. The van der Waals surface area contributed by atoms with Crippen LogP contribution in [0.3, 0.4) is 0 Å². The van der Waals surface area contributed by atoms with E-state index >= 15 is 0 Å². The molecule has 0 aliphatic carbocycles. The number of nitrogen functional groups attached to an aromatic ring is 1. The SMILES string of the molecule is Nc1ccc2c(N3CCCCc4ccccc43)nc3nnc(F)n3c2c1. The van der Waals surface area contributed by atoms with E-state index in [1.807, 2.05) is 18.2 Å². The Morgan fingerprint density at radius 1 is 1.04 bits per heavy atom. The van der Waals surface area contributed by atoms with E-state index < -0.39 is 6.08 Å². The van der Waals surface area contributed by atoms with Gasteiger partial charge in [-0.1, -0.05) is 23.3 Å². The summed E-state index contributed by atoms with van der Waals surface area (Å²) in [6.07, 6.45) is 2.53. The molecule has 2 N–H and O–H groups in total. The van der Waals surface area contributed by atoms with Gasteiger partial charge in [-0.2, -0.15) is 9.37 Å². The number of fused-ring (bicyclic) bond motifs is 4. The summed E-state index contributed by atoms with van der Waals surface area (Å²) in [5.74, 6) is 0.992. The smallest absolute Gasteiger partial charge is 0.315 e. The molecule has 1 aliphatic heterocycles. The van der Waals surface area contributed by atoms with Gasteiger partial charge in [0.15, 0.2) is 0 Å². The largest absolute Gasteiger partial charge is 0.399 e. The predicted octanol–water partition coefficient (Wildman–Crippen LogP) is 3.47. The van der Waals surface area contributed by atoms with E-state index in [4.69, 9.17) is 5.73 Å². The average molecular weight is 348 g/mol. The number of anilines is 3. The van der Waals surface area contributed by atoms with Gasteiger partial charge in [0.1, 0.15) is 5.82 Å². The van der Waals surface area contributed by atoms with Gasteiger partial charge in [-0.3, -0.25) is 0 Å². The quantitative estimate of drug-likeness (QED) is 0.533. The molecule has 0 atom stereocenters. The highest BCUT2D eigenvalue weighted by Gasteiger charge is 2.22. The molecule has 6 nitrogen and oxygen atoms in total. The monoisotopic (exact) mass is 348 g/mol. The number of nitrogens with two attached hydrogens (primary N) is 1. The number of rotatable bonds is 1. The lowest BCUT2D eigenvalue weighted by Gasteiger charge is -2.25. The van der Waals surface area contributed by atoms with Crippen molar-refractivity contribution in [3.63, 3.8) is 0 Å². The molecule has 0 amide bonds. The Bertz CT molecular complexity index is 1140. The number of halogens is 1. The first-order valence-electron chi connectivity index (χ1n) is 8.68. The van der Waals surface area contributed by atoms with Crippen LogP contribution in [0.4, 0.5) is 21.6 Å². The van der Waals surface area contributed by atoms with Crippen molar-refractivity contribution >= 4 is 33.9 Å². The summed E-state index contributed by atoms with van der Waals surface area (Å²) in [5.41, 5.74) is 9.56. The third kappa shape index (κ3) is 2.20. The fraction of sp³-hybridized carbons (Fsp3) is 0.211. The van der Waals surface area contributed by atoms with Gasteiger partial charge in [0, 0.05) is 23.3 Å². The molecular weight excluding hydrogens is 331 g/mol. The van der Waals surface area contributed by atoms with Crippen LogP contribution in [0.2, 0.25) is 0 Å². The molecule has 7 heteroatoms. The third-order valence-corrected chi connectivity index (χ3v) is 4.93. The van der Waals surface area contributed by atoms with Gasteiger partial charge in [-0.25, -0.2) is 4.40 Å². The molecule has 4 aromatic rings. The number of benzene rings is 2. The minimum absolute atomic E-state index is 0.234. The van der Waals surface area contributed by atoms with Crippen molar-refractivity contribution in [3.05, 3.63) is 54.1 Å². The number of nitrogens with zero attached hydrogens (tertiary/aromatic N) is 5. The molecule has 2 aromatic heterocycles. The standard InChI is InChI=1S/C19H17FN6/c20-18-23-24-19-22-17(14-9-8-13(21)11-16(14)26(18)19)25-10-4-3-6-12-5-1-2-7-15(12)25/h1-2,5,7-9,11H,3-4,6,10,21H2. The Labute approximate surface area is 149 Å². The Kier molecular flexibility index (Phi) is 3.28. The Morgan fingerprint density at radius 3 is 2.85 bits per heavy atom. The summed E-state index contributed by atoms with van der Waals surface area (Å²) in [6.45, 7) is 0.844. The molecular formula is C19H17FN6. The van der Waals surface area contributed by atoms with E-state index in [1.165, 1.54) is 9.96 Å². The number of hydrogen-bond donors (Lipinski definition) is 1. The average Bonchev–Trinajstić information content (AvgIpc) is 2.90. The molecule has 0 fully saturated rings. The Morgan fingerprint density at radius 2 is 1.92 bits per heavy atom. The highest BCUT2D eigenvalue weighted by atomic mass is 19.1. The van der Waals surface area contributed by atoms with Crippen molar-refractivity contribution in [3.8, 4) is 0 Å². The summed E-state index contributed by atoms with van der Waals surface area (Å²) < 4.78 is 15.5. The summed E-state index contributed by atoms with van der Waals surface area (Å²) in [6, 6.07) is 13.8. The van der Waals surface area contributed by atoms with Gasteiger partial charge in [-0.05, 0) is 49.1 Å². The fourth-order valence-corrected chi connectivity index (χ4v) is 3.73.